The Morgan fingerprint density at radius 3 is 2.57 bits per heavy atom. The third-order valence-electron chi connectivity index (χ3n) is 3.74. The van der Waals surface area contributed by atoms with Crippen LogP contribution < -0.4 is 4.74 Å². The molecule has 0 unspecified atom stereocenters. The summed E-state index contributed by atoms with van der Waals surface area (Å²) in [5, 5.41) is 20.3. The molecular weight excluding hydrogens is 276 g/mol. The number of benzene rings is 1. The Hall–Kier alpha value is -2.08. The van der Waals surface area contributed by atoms with Crippen molar-refractivity contribution in [1.82, 2.24) is 0 Å². The van der Waals surface area contributed by atoms with E-state index in [4.69, 9.17) is 9.47 Å². The molecule has 2 N–H and O–H groups in total. The van der Waals surface area contributed by atoms with Crippen molar-refractivity contribution in [2.45, 2.75) is 25.9 Å². The van der Waals surface area contributed by atoms with Crippen molar-refractivity contribution < 1.29 is 29.3 Å². The Morgan fingerprint density at radius 1 is 1.38 bits per heavy atom. The van der Waals surface area contributed by atoms with E-state index in [9.17, 15) is 19.8 Å². The molecule has 0 saturated heterocycles. The number of ketones is 2. The second kappa shape index (κ2) is 5.73. The van der Waals surface area contributed by atoms with Crippen LogP contribution in [0.4, 0.5) is 0 Å². The number of phenols is 2. The minimum absolute atomic E-state index is 0.0416. The van der Waals surface area contributed by atoms with Gasteiger partial charge in [-0.15, -0.1) is 0 Å². The molecule has 0 spiro atoms. The normalized spacial score (nSPS) is 21.0. The molecule has 0 saturated carbocycles. The van der Waals surface area contributed by atoms with E-state index < -0.39 is 6.10 Å². The summed E-state index contributed by atoms with van der Waals surface area (Å²) in [6, 6.07) is 1.20. The molecule has 0 heterocycles. The van der Waals surface area contributed by atoms with Crippen molar-refractivity contribution in [3.05, 3.63) is 17.2 Å². The Kier molecular flexibility index (Phi) is 4.18. The molecule has 0 amide bonds. The van der Waals surface area contributed by atoms with Gasteiger partial charge in [0, 0.05) is 37.5 Å². The van der Waals surface area contributed by atoms with Crippen molar-refractivity contribution >= 4 is 11.6 Å². The second-order valence-corrected chi connectivity index (χ2v) is 5.19. The van der Waals surface area contributed by atoms with Gasteiger partial charge >= 0.3 is 0 Å². The third kappa shape index (κ3) is 2.58. The zero-order valence-corrected chi connectivity index (χ0v) is 12.2. The van der Waals surface area contributed by atoms with Gasteiger partial charge in [0.25, 0.3) is 0 Å². The van der Waals surface area contributed by atoms with Gasteiger partial charge in [-0.05, 0) is 6.92 Å². The van der Waals surface area contributed by atoms with E-state index in [1.807, 2.05) is 0 Å². The van der Waals surface area contributed by atoms with Crippen molar-refractivity contribution in [3.8, 4) is 17.2 Å². The van der Waals surface area contributed by atoms with Crippen LogP contribution in [0.15, 0.2) is 6.07 Å². The quantitative estimate of drug-likeness (QED) is 0.825. The van der Waals surface area contributed by atoms with Gasteiger partial charge in [0.15, 0.2) is 17.3 Å². The molecule has 6 heteroatoms. The molecule has 0 aromatic heterocycles. The van der Waals surface area contributed by atoms with Crippen molar-refractivity contribution in [3.63, 3.8) is 0 Å². The van der Waals surface area contributed by atoms with Crippen LogP contribution in [0.25, 0.3) is 0 Å². The highest BCUT2D eigenvalue weighted by Gasteiger charge is 2.39. The van der Waals surface area contributed by atoms with E-state index in [0.717, 1.165) is 0 Å². The number of methoxy groups -OCH3 is 2. The SMILES string of the molecule is COc1cc(O)c2c(c1O)[C@H](OC)[C@H](CC(C)=O)CC2=O. The lowest BCUT2D eigenvalue weighted by Crippen LogP contribution is -2.28. The molecular formula is C15H18O6. The molecule has 0 fully saturated rings. The van der Waals surface area contributed by atoms with Gasteiger partial charge in [0.2, 0.25) is 0 Å². The van der Waals surface area contributed by atoms with Gasteiger partial charge in [0.1, 0.15) is 11.5 Å². The fourth-order valence-corrected chi connectivity index (χ4v) is 2.92. The van der Waals surface area contributed by atoms with Crippen LogP contribution in [-0.4, -0.2) is 36.0 Å². The molecule has 0 bridgehead atoms. The lowest BCUT2D eigenvalue weighted by molar-refractivity contribution is -0.119. The summed E-state index contributed by atoms with van der Waals surface area (Å²) in [4.78, 5) is 23.6. The van der Waals surface area contributed by atoms with E-state index in [2.05, 4.69) is 0 Å². The molecule has 0 radical (unpaired) electrons. The molecule has 2 atom stereocenters. The molecule has 2 rings (SSSR count). The van der Waals surface area contributed by atoms with Crippen molar-refractivity contribution in [2.75, 3.05) is 14.2 Å². The maximum absolute atomic E-state index is 12.2. The summed E-state index contributed by atoms with van der Waals surface area (Å²) in [6.45, 7) is 1.44. The number of phenolic OH excluding ortho intramolecular Hbond substituents is 2. The van der Waals surface area contributed by atoms with Gasteiger partial charge in [-0.1, -0.05) is 0 Å². The highest BCUT2D eigenvalue weighted by Crippen LogP contribution is 2.49. The summed E-state index contributed by atoms with van der Waals surface area (Å²) in [5.74, 6) is -1.19. The van der Waals surface area contributed by atoms with Crippen LogP contribution in [0.3, 0.4) is 0 Å². The molecule has 114 valence electrons. The third-order valence-corrected chi connectivity index (χ3v) is 3.74. The zero-order chi connectivity index (χ0) is 15.7. The average Bonchev–Trinajstić information content (AvgIpc) is 2.41. The topological polar surface area (TPSA) is 93.1 Å². The Morgan fingerprint density at radius 2 is 2.05 bits per heavy atom. The zero-order valence-electron chi connectivity index (χ0n) is 12.2. The van der Waals surface area contributed by atoms with Gasteiger partial charge in [-0.2, -0.15) is 0 Å². The van der Waals surface area contributed by atoms with Gasteiger partial charge < -0.3 is 24.5 Å². The summed E-state index contributed by atoms with van der Waals surface area (Å²) < 4.78 is 10.4. The van der Waals surface area contributed by atoms with Crippen LogP contribution in [0.1, 0.15) is 41.8 Å². The minimum Gasteiger partial charge on any atom is -0.507 e. The fourth-order valence-electron chi connectivity index (χ4n) is 2.92. The minimum atomic E-state index is -0.650. The molecule has 1 aliphatic carbocycles. The monoisotopic (exact) mass is 294 g/mol. The Balaban J connectivity index is 2.62. The van der Waals surface area contributed by atoms with Gasteiger partial charge in [-0.25, -0.2) is 0 Å². The number of hydrogen-bond donors (Lipinski definition) is 2. The molecule has 21 heavy (non-hydrogen) atoms. The first-order valence-corrected chi connectivity index (χ1v) is 6.58. The lowest BCUT2D eigenvalue weighted by atomic mass is 9.77. The first-order valence-electron chi connectivity index (χ1n) is 6.58. The standard InChI is InChI=1S/C15H18O6/c1-7(16)4-8-5-9(17)12-10(18)6-11(20-2)14(19)13(12)15(8)21-3/h6,8,15,18-19H,4-5H2,1-3H3/t8-,15-/m1/s1. The number of fused-ring (bicyclic) bond motifs is 1. The average molecular weight is 294 g/mol. The predicted octanol–water partition coefficient (Wildman–Crippen LogP) is 1.98. The van der Waals surface area contributed by atoms with Crippen LogP contribution in [0.2, 0.25) is 0 Å². The number of rotatable bonds is 4. The van der Waals surface area contributed by atoms with E-state index in [1.54, 1.807) is 0 Å². The van der Waals surface area contributed by atoms with Crippen LogP contribution >= 0.6 is 0 Å². The number of carbonyl (C=O) groups is 2. The summed E-state index contributed by atoms with van der Waals surface area (Å²) >= 11 is 0. The number of aromatic hydroxyl groups is 2. The maximum Gasteiger partial charge on any atom is 0.167 e. The first-order chi connectivity index (χ1) is 9.90. The second-order valence-electron chi connectivity index (χ2n) is 5.19. The molecule has 1 aromatic rings. The van der Waals surface area contributed by atoms with Crippen molar-refractivity contribution in [2.24, 2.45) is 5.92 Å². The Labute approximate surface area is 122 Å². The number of ether oxygens (including phenoxy) is 2. The maximum atomic E-state index is 12.2. The number of Topliss-reactive ketones (excluding diaryl/α,β-unsaturated/α-hetero) is 2. The van der Waals surface area contributed by atoms with E-state index in [1.165, 1.54) is 27.2 Å². The molecule has 6 nitrogen and oxygen atoms in total. The van der Waals surface area contributed by atoms with Crippen LogP contribution in [0.5, 0.6) is 17.2 Å². The highest BCUT2D eigenvalue weighted by atomic mass is 16.5. The smallest absolute Gasteiger partial charge is 0.167 e. The van der Waals surface area contributed by atoms with E-state index in [-0.39, 0.29) is 58.7 Å². The molecule has 1 aromatic carbocycles. The largest absolute Gasteiger partial charge is 0.507 e. The van der Waals surface area contributed by atoms with E-state index in [0.29, 0.717) is 0 Å². The number of carbonyl (C=O) groups excluding carboxylic acids is 2. The summed E-state index contributed by atoms with van der Waals surface area (Å²) in [5.41, 5.74) is 0.233. The van der Waals surface area contributed by atoms with Crippen molar-refractivity contribution in [1.29, 1.82) is 0 Å². The van der Waals surface area contributed by atoms with E-state index >= 15 is 0 Å². The molecule has 1 aliphatic rings. The lowest BCUT2D eigenvalue weighted by Gasteiger charge is -2.32. The van der Waals surface area contributed by atoms with Crippen LogP contribution in [-0.2, 0) is 9.53 Å². The van der Waals surface area contributed by atoms with Crippen LogP contribution in [0, 0.1) is 5.92 Å². The highest BCUT2D eigenvalue weighted by molar-refractivity contribution is 6.02. The first kappa shape index (κ1) is 15.3. The predicted molar refractivity (Wildman–Crippen MR) is 73.8 cm³/mol. The fraction of sp³-hybridized carbons (Fsp3) is 0.467. The Bertz CT molecular complexity index is 592. The summed E-state index contributed by atoms with van der Waals surface area (Å²) in [6.07, 6.45) is -0.395. The van der Waals surface area contributed by atoms with Gasteiger partial charge in [0.05, 0.1) is 18.8 Å². The van der Waals surface area contributed by atoms with Gasteiger partial charge in [-0.3, -0.25) is 4.79 Å². The number of hydrogen-bond acceptors (Lipinski definition) is 6. The molecule has 0 aliphatic heterocycles. The summed E-state index contributed by atoms with van der Waals surface area (Å²) in [7, 11) is 2.79.